The van der Waals surface area contributed by atoms with Gasteiger partial charge in [-0.15, -0.1) is 0 Å². The number of carbonyl (C=O) groups excluding carboxylic acids is 1. The summed E-state index contributed by atoms with van der Waals surface area (Å²) in [6.07, 6.45) is 0. The van der Waals surface area contributed by atoms with Gasteiger partial charge in [0.05, 0.1) is 28.5 Å². The Morgan fingerprint density at radius 2 is 1.86 bits per heavy atom. The van der Waals surface area contributed by atoms with Gasteiger partial charge < -0.3 is 14.5 Å². The highest BCUT2D eigenvalue weighted by molar-refractivity contribution is 6.37. The van der Waals surface area contributed by atoms with Crippen LogP contribution in [0.4, 0.5) is 5.69 Å². The number of carbonyl (C=O) groups is 1. The first-order chi connectivity index (χ1) is 13.5. The zero-order valence-electron chi connectivity index (χ0n) is 14.6. The van der Waals surface area contributed by atoms with Crippen LogP contribution >= 0.6 is 23.2 Å². The summed E-state index contributed by atoms with van der Waals surface area (Å²) >= 11 is 12.0. The van der Waals surface area contributed by atoms with Gasteiger partial charge in [-0.3, -0.25) is 9.59 Å². The molecule has 4 aromatic rings. The number of ether oxygens (including phenoxy) is 1. The van der Waals surface area contributed by atoms with Crippen LogP contribution in [0.25, 0.3) is 21.9 Å². The fourth-order valence-electron chi connectivity index (χ4n) is 2.96. The average molecular weight is 414 g/mol. The summed E-state index contributed by atoms with van der Waals surface area (Å²) in [6.45, 7) is 0. The highest BCUT2D eigenvalue weighted by atomic mass is 35.5. The van der Waals surface area contributed by atoms with Gasteiger partial charge in [-0.1, -0.05) is 29.3 Å². The second kappa shape index (κ2) is 7.19. The third-order valence-corrected chi connectivity index (χ3v) is 4.86. The minimum absolute atomic E-state index is 0.172. The van der Waals surface area contributed by atoms with Gasteiger partial charge in [0, 0.05) is 16.8 Å². The number of halogens is 2. The fraction of sp³-hybridized carbons (Fsp3) is 0.0476. The molecular weight excluding hydrogens is 401 g/mol. The number of nitrogens with one attached hydrogen (secondary N) is 1. The van der Waals surface area contributed by atoms with Crippen LogP contribution in [-0.2, 0) is 0 Å². The highest BCUT2D eigenvalue weighted by Gasteiger charge is 2.14. The lowest BCUT2D eigenvalue weighted by Crippen LogP contribution is -2.12. The van der Waals surface area contributed by atoms with E-state index in [1.807, 2.05) is 0 Å². The van der Waals surface area contributed by atoms with Crippen molar-refractivity contribution in [2.24, 2.45) is 0 Å². The van der Waals surface area contributed by atoms with Crippen molar-refractivity contribution < 1.29 is 13.9 Å². The molecule has 5 nitrogen and oxygen atoms in total. The molecule has 1 aromatic heterocycles. The van der Waals surface area contributed by atoms with Gasteiger partial charge in [-0.2, -0.15) is 0 Å². The first-order valence-electron chi connectivity index (χ1n) is 8.28. The molecular formula is C21H13Cl2NO4. The van der Waals surface area contributed by atoms with E-state index < -0.39 is 5.91 Å². The third kappa shape index (κ3) is 3.19. The van der Waals surface area contributed by atoms with E-state index in [2.05, 4.69) is 5.32 Å². The molecule has 1 amide bonds. The number of para-hydroxylation sites is 1. The molecule has 0 spiro atoms. The quantitative estimate of drug-likeness (QED) is 0.449. The zero-order chi connectivity index (χ0) is 19.8. The smallest absolute Gasteiger partial charge is 0.257 e. The maximum absolute atomic E-state index is 12.8. The van der Waals surface area contributed by atoms with E-state index in [0.29, 0.717) is 38.4 Å². The number of benzene rings is 3. The number of fused-ring (bicyclic) bond motifs is 2. The monoisotopic (exact) mass is 413 g/mol. The standard InChI is InChI=1S/C21H13Cl2NO4/c1-27-17-4-2-3-15-19(25)14-8-6-12(10-18(14)28-20(15)17)24-21(26)13-7-5-11(22)9-16(13)23/h2-10H,1H3,(H,24,26). The molecule has 0 unspecified atom stereocenters. The fourth-order valence-corrected chi connectivity index (χ4v) is 3.45. The summed E-state index contributed by atoms with van der Waals surface area (Å²) in [6, 6.07) is 14.6. The zero-order valence-corrected chi connectivity index (χ0v) is 16.1. The van der Waals surface area contributed by atoms with Crippen molar-refractivity contribution in [3.8, 4) is 5.75 Å². The Morgan fingerprint density at radius 3 is 2.61 bits per heavy atom. The molecule has 1 N–H and O–H groups in total. The van der Waals surface area contributed by atoms with Gasteiger partial charge in [-0.25, -0.2) is 0 Å². The molecule has 0 saturated heterocycles. The predicted molar refractivity (Wildman–Crippen MR) is 111 cm³/mol. The van der Waals surface area contributed by atoms with Crippen LogP contribution in [0.3, 0.4) is 0 Å². The van der Waals surface area contributed by atoms with Crippen molar-refractivity contribution in [3.63, 3.8) is 0 Å². The minimum Gasteiger partial charge on any atom is -0.493 e. The Hall–Kier alpha value is -3.02. The average Bonchev–Trinajstić information content (AvgIpc) is 2.67. The van der Waals surface area contributed by atoms with E-state index in [0.717, 1.165) is 0 Å². The summed E-state index contributed by atoms with van der Waals surface area (Å²) < 4.78 is 11.2. The van der Waals surface area contributed by atoms with E-state index >= 15 is 0 Å². The van der Waals surface area contributed by atoms with E-state index in [-0.39, 0.29) is 16.0 Å². The molecule has 0 aliphatic rings. The largest absolute Gasteiger partial charge is 0.493 e. The summed E-state index contributed by atoms with van der Waals surface area (Å²) in [4.78, 5) is 25.3. The molecule has 28 heavy (non-hydrogen) atoms. The van der Waals surface area contributed by atoms with Gasteiger partial charge in [0.15, 0.2) is 11.3 Å². The SMILES string of the molecule is COc1cccc2c(=O)c3ccc(NC(=O)c4ccc(Cl)cc4Cl)cc3oc12. The lowest BCUT2D eigenvalue weighted by atomic mass is 10.1. The predicted octanol–water partition coefficient (Wildman–Crippen LogP) is 5.51. The molecule has 1 heterocycles. The molecule has 0 saturated carbocycles. The lowest BCUT2D eigenvalue weighted by molar-refractivity contribution is 0.102. The third-order valence-electron chi connectivity index (χ3n) is 4.32. The topological polar surface area (TPSA) is 68.5 Å². The number of rotatable bonds is 3. The van der Waals surface area contributed by atoms with Gasteiger partial charge in [0.2, 0.25) is 5.43 Å². The molecule has 0 aliphatic heterocycles. The lowest BCUT2D eigenvalue weighted by Gasteiger charge is -2.09. The summed E-state index contributed by atoms with van der Waals surface area (Å²) in [5.41, 5.74) is 1.26. The van der Waals surface area contributed by atoms with Crippen LogP contribution in [0.15, 0.2) is 63.8 Å². The van der Waals surface area contributed by atoms with Crippen molar-refractivity contribution in [2.75, 3.05) is 12.4 Å². The van der Waals surface area contributed by atoms with E-state index in [1.165, 1.54) is 13.2 Å². The Morgan fingerprint density at radius 1 is 1.04 bits per heavy atom. The summed E-state index contributed by atoms with van der Waals surface area (Å²) in [7, 11) is 1.51. The normalized spacial score (nSPS) is 11.0. The molecule has 0 aliphatic carbocycles. The van der Waals surface area contributed by atoms with Gasteiger partial charge in [0.1, 0.15) is 5.58 Å². The number of hydrogen-bond donors (Lipinski definition) is 1. The van der Waals surface area contributed by atoms with Crippen LogP contribution in [0.2, 0.25) is 10.0 Å². The molecule has 0 radical (unpaired) electrons. The Balaban J connectivity index is 1.78. The first kappa shape index (κ1) is 18.3. The molecule has 140 valence electrons. The van der Waals surface area contributed by atoms with E-state index in [4.69, 9.17) is 32.4 Å². The Kier molecular flexibility index (Phi) is 4.71. The minimum atomic E-state index is -0.401. The molecule has 0 bridgehead atoms. The van der Waals surface area contributed by atoms with E-state index in [9.17, 15) is 9.59 Å². The molecule has 3 aromatic carbocycles. The number of amides is 1. The Labute approximate surface area is 169 Å². The number of methoxy groups -OCH3 is 1. The van der Waals surface area contributed by atoms with Gasteiger partial charge >= 0.3 is 0 Å². The van der Waals surface area contributed by atoms with Crippen LogP contribution in [0.1, 0.15) is 10.4 Å². The maximum Gasteiger partial charge on any atom is 0.257 e. The van der Waals surface area contributed by atoms with Crippen LogP contribution < -0.4 is 15.5 Å². The summed E-state index contributed by atoms with van der Waals surface area (Å²) in [5.74, 6) is 0.0561. The molecule has 4 rings (SSSR count). The van der Waals surface area contributed by atoms with Gasteiger partial charge in [0.25, 0.3) is 5.91 Å². The van der Waals surface area contributed by atoms with E-state index in [1.54, 1.807) is 48.5 Å². The van der Waals surface area contributed by atoms with Crippen molar-refractivity contribution >= 4 is 56.7 Å². The van der Waals surface area contributed by atoms with Crippen molar-refractivity contribution in [1.29, 1.82) is 0 Å². The van der Waals surface area contributed by atoms with Crippen molar-refractivity contribution in [3.05, 3.63) is 80.4 Å². The maximum atomic E-state index is 12.8. The van der Waals surface area contributed by atoms with Crippen molar-refractivity contribution in [1.82, 2.24) is 0 Å². The molecule has 7 heteroatoms. The number of hydrogen-bond acceptors (Lipinski definition) is 4. The van der Waals surface area contributed by atoms with Crippen molar-refractivity contribution in [2.45, 2.75) is 0 Å². The highest BCUT2D eigenvalue weighted by Crippen LogP contribution is 2.28. The second-order valence-electron chi connectivity index (χ2n) is 6.06. The second-order valence-corrected chi connectivity index (χ2v) is 6.90. The molecule has 0 atom stereocenters. The Bertz CT molecular complexity index is 1300. The van der Waals surface area contributed by atoms with Crippen LogP contribution in [0.5, 0.6) is 5.75 Å². The van der Waals surface area contributed by atoms with Crippen LogP contribution in [0, 0.1) is 0 Å². The van der Waals surface area contributed by atoms with Crippen LogP contribution in [-0.4, -0.2) is 13.0 Å². The molecule has 0 fully saturated rings. The first-order valence-corrected chi connectivity index (χ1v) is 9.03. The summed E-state index contributed by atoms with van der Waals surface area (Å²) in [5, 5.41) is 4.26. The van der Waals surface area contributed by atoms with Gasteiger partial charge in [-0.05, 0) is 42.5 Å². The number of anilines is 1.